The van der Waals surface area contributed by atoms with E-state index in [0.29, 0.717) is 0 Å². The van der Waals surface area contributed by atoms with E-state index in [1.54, 1.807) is 0 Å². The summed E-state index contributed by atoms with van der Waals surface area (Å²) in [6.07, 6.45) is 0. The molecule has 0 aliphatic carbocycles. The zero-order valence-corrected chi connectivity index (χ0v) is 43.5. The van der Waals surface area contributed by atoms with E-state index in [0.717, 1.165) is 0 Å². The van der Waals surface area contributed by atoms with E-state index in [9.17, 15) is 0 Å². The van der Waals surface area contributed by atoms with Crippen molar-refractivity contribution in [1.29, 1.82) is 0 Å². The van der Waals surface area contributed by atoms with Gasteiger partial charge >= 0.3 is 411 Å². The van der Waals surface area contributed by atoms with Crippen LogP contribution in [-0.2, 0) is 38.4 Å². The predicted molar refractivity (Wildman–Crippen MR) is 40.1 cm³/mol. The molecule has 0 spiro atoms. The molecule has 0 atom stereocenters. The summed E-state index contributed by atoms with van der Waals surface area (Å²) in [5.74, 6) is -17.5. The number of carboxylic acid groups (broad SMARTS) is 8. The summed E-state index contributed by atoms with van der Waals surface area (Å²) in [5, 5.41) is 71.4. The molecule has 0 aromatic heterocycles. The molecule has 0 aliphatic rings. The van der Waals surface area contributed by atoms with E-state index < -0.39 is 47.8 Å². The number of aliphatic carboxylic acids is 8. The summed E-state index contributed by atoms with van der Waals surface area (Å²) in [6, 6.07) is 0. The second kappa shape index (κ2) is 55.7. The average molecular weight is 665 g/mol. The van der Waals surface area contributed by atoms with Gasteiger partial charge < -0.3 is 79.2 Å². The smallest absolute Gasteiger partial charge is 0.543 e. The van der Waals surface area contributed by atoms with Crippen LogP contribution in [0.4, 0.5) is 0 Å². The molecule has 0 aromatic rings. The van der Waals surface area contributed by atoms with E-state index in [1.165, 1.54) is 0 Å². The van der Waals surface area contributed by atoms with Gasteiger partial charge in [-0.2, -0.15) is 0 Å². The molecule has 0 saturated heterocycles. The van der Waals surface area contributed by atoms with E-state index in [-0.39, 0.29) is 411 Å². The van der Waals surface area contributed by atoms with Gasteiger partial charge in [-0.1, -0.05) is 0 Å². The second-order valence-corrected chi connectivity index (χ2v) is 2.30. The van der Waals surface area contributed by atoms with Crippen molar-refractivity contribution in [2.45, 2.75) is 0 Å². The van der Waals surface area contributed by atoms with Gasteiger partial charge in [-0.05, 0) is 0 Å². The number of carboxylic acids is 8. The van der Waals surface area contributed by atoms with Gasteiger partial charge in [-0.25, -0.2) is 0 Å². The van der Waals surface area contributed by atoms with Crippen LogP contribution >= 0.6 is 0 Å². The van der Waals surface area contributed by atoms with Gasteiger partial charge in [-0.15, -0.1) is 0 Å². The van der Waals surface area contributed by atoms with Gasteiger partial charge in [0.15, 0.2) is 0 Å². The molecule has 0 amide bonds. The molecule has 0 heterocycles. The molecule has 0 radical (unpaired) electrons. The van der Waals surface area contributed by atoms with Crippen molar-refractivity contribution in [2.75, 3.05) is 0 Å². The maximum atomic E-state index is 8.93. The Bertz CT molecular complexity index is 408. The normalized spacial score (nSPS) is 5.50. The Morgan fingerprint density at radius 1 is 0.219 bits per heavy atom. The number of rotatable bonds is 0. The fourth-order valence-electron chi connectivity index (χ4n) is 0. The SMILES string of the molecule is O=C([O-])C(=O)[O-].O=C([O-])C(=O)[O-].O=C([O-])C(=O)[O-].O=C([O-])C(=O)[O-].[K+].[K+].[K+].[K+].[K+].[K+].[K+].[K+]. The zero-order valence-electron chi connectivity index (χ0n) is 18.5. The molecule has 0 unspecified atom stereocenters. The fourth-order valence-corrected chi connectivity index (χ4v) is 0. The Kier molecular flexibility index (Phi) is 136. The zero-order chi connectivity index (χ0) is 20.6. The minimum atomic E-state index is -2.19. The maximum absolute atomic E-state index is 8.93. The Labute approximate surface area is 519 Å². The Hall–Kier alpha value is 8.85. The summed E-state index contributed by atoms with van der Waals surface area (Å²) in [7, 11) is 0. The topological polar surface area (TPSA) is 321 Å². The molecular formula is C8K8O16. The van der Waals surface area contributed by atoms with E-state index in [1.807, 2.05) is 0 Å². The molecule has 0 bridgehead atoms. The van der Waals surface area contributed by atoms with Crippen LogP contribution in [0.3, 0.4) is 0 Å². The molecule has 0 N–H and O–H groups in total. The Morgan fingerprint density at radius 3 is 0.250 bits per heavy atom. The summed E-state index contributed by atoms with van der Waals surface area (Å²) in [6.45, 7) is 0. The van der Waals surface area contributed by atoms with Crippen LogP contribution < -0.4 is 452 Å². The third kappa shape index (κ3) is 90.1. The van der Waals surface area contributed by atoms with Crippen molar-refractivity contribution in [2.24, 2.45) is 0 Å². The van der Waals surface area contributed by atoms with Crippen LogP contribution in [0.15, 0.2) is 0 Å². The minimum Gasteiger partial charge on any atom is -0.543 e. The fraction of sp³-hybridized carbons (Fsp3) is 0. The van der Waals surface area contributed by atoms with Gasteiger partial charge in [0.05, 0.1) is 47.8 Å². The van der Waals surface area contributed by atoms with Crippen LogP contribution in [0, 0.1) is 0 Å². The average Bonchev–Trinajstić information content (AvgIpc) is 2.40. The van der Waals surface area contributed by atoms with Crippen molar-refractivity contribution in [3.05, 3.63) is 0 Å². The van der Waals surface area contributed by atoms with Gasteiger partial charge in [0.25, 0.3) is 0 Å². The first kappa shape index (κ1) is 77.9. The van der Waals surface area contributed by atoms with Crippen LogP contribution in [0.2, 0.25) is 0 Å². The maximum Gasteiger partial charge on any atom is 1.00 e. The van der Waals surface area contributed by atoms with Crippen LogP contribution in [-0.4, -0.2) is 47.8 Å². The van der Waals surface area contributed by atoms with Crippen LogP contribution in [0.5, 0.6) is 0 Å². The summed E-state index contributed by atoms with van der Waals surface area (Å²) < 4.78 is 0. The number of carbonyl (C=O) groups is 8. The molecule has 0 rings (SSSR count). The predicted octanol–water partition coefficient (Wildman–Crippen LogP) is -38.0. The first-order valence-corrected chi connectivity index (χ1v) is 4.27. The molecule has 0 saturated carbocycles. The van der Waals surface area contributed by atoms with Gasteiger partial charge in [0, 0.05) is 0 Å². The van der Waals surface area contributed by atoms with Gasteiger partial charge in [0.1, 0.15) is 0 Å². The van der Waals surface area contributed by atoms with Crippen molar-refractivity contribution >= 4 is 47.8 Å². The third-order valence-electron chi connectivity index (χ3n) is 0.667. The largest absolute Gasteiger partial charge is 1.00 e. The molecule has 16 nitrogen and oxygen atoms in total. The molecule has 0 fully saturated rings. The van der Waals surface area contributed by atoms with E-state index in [2.05, 4.69) is 0 Å². The van der Waals surface area contributed by atoms with Crippen molar-refractivity contribution in [1.82, 2.24) is 0 Å². The van der Waals surface area contributed by atoms with Crippen LogP contribution in [0.25, 0.3) is 0 Å². The molecule has 24 heteroatoms. The second-order valence-electron chi connectivity index (χ2n) is 2.30. The molecule has 32 heavy (non-hydrogen) atoms. The quantitative estimate of drug-likeness (QED) is 0.171. The monoisotopic (exact) mass is 664 g/mol. The summed E-state index contributed by atoms with van der Waals surface area (Å²) >= 11 is 0. The van der Waals surface area contributed by atoms with E-state index in [4.69, 9.17) is 79.2 Å². The number of hydrogen-bond acceptors (Lipinski definition) is 16. The molecular weight excluding hydrogens is 665 g/mol. The number of hydrogen-bond donors (Lipinski definition) is 0. The first-order valence-electron chi connectivity index (χ1n) is 4.27. The van der Waals surface area contributed by atoms with Crippen molar-refractivity contribution < 1.29 is 490 Å². The van der Waals surface area contributed by atoms with E-state index >= 15 is 0 Å². The van der Waals surface area contributed by atoms with Crippen molar-refractivity contribution in [3.8, 4) is 0 Å². The third-order valence-corrected chi connectivity index (χ3v) is 0.667. The Morgan fingerprint density at radius 2 is 0.250 bits per heavy atom. The van der Waals surface area contributed by atoms with Crippen molar-refractivity contribution in [3.63, 3.8) is 0 Å². The summed E-state index contributed by atoms with van der Waals surface area (Å²) in [4.78, 5) is 71.4. The minimum absolute atomic E-state index is 0. The van der Waals surface area contributed by atoms with Gasteiger partial charge in [-0.3, -0.25) is 0 Å². The molecule has 0 aromatic carbocycles. The Balaban J connectivity index is -0.0000000154. The van der Waals surface area contributed by atoms with Crippen LogP contribution in [0.1, 0.15) is 0 Å². The molecule has 136 valence electrons. The summed E-state index contributed by atoms with van der Waals surface area (Å²) in [5.41, 5.74) is 0. The standard InChI is InChI=1S/4C2H2O4.8K/c4*3-1(4)2(5)6;;;;;;;;/h4*(H,3,4)(H,5,6);;;;;;;;/q;;;;8*+1/p-8. The first-order chi connectivity index (χ1) is 10.6. The molecule has 0 aliphatic heterocycles. The van der Waals surface area contributed by atoms with Gasteiger partial charge in [0.2, 0.25) is 0 Å². The number of carbonyl (C=O) groups excluding carboxylic acids is 8.